The van der Waals surface area contributed by atoms with Crippen molar-refractivity contribution < 1.29 is 4.79 Å². The highest BCUT2D eigenvalue weighted by molar-refractivity contribution is 5.78. The fourth-order valence-electron chi connectivity index (χ4n) is 1.97. The van der Waals surface area contributed by atoms with E-state index in [1.165, 1.54) is 0 Å². The number of carbonyl (C=O) groups is 1. The van der Waals surface area contributed by atoms with Crippen LogP contribution < -0.4 is 10.6 Å². The van der Waals surface area contributed by atoms with E-state index >= 15 is 0 Å². The van der Waals surface area contributed by atoms with Gasteiger partial charge < -0.3 is 10.6 Å². The van der Waals surface area contributed by atoms with Crippen LogP contribution in [0.4, 0.5) is 0 Å². The maximum atomic E-state index is 11.8. The van der Waals surface area contributed by atoms with Crippen LogP contribution in [0.1, 0.15) is 18.4 Å². The molecule has 2 N–H and O–H groups in total. The fourth-order valence-corrected chi connectivity index (χ4v) is 1.97. The van der Waals surface area contributed by atoms with Gasteiger partial charge in [-0.05, 0) is 19.4 Å². The molecule has 1 aromatic rings. The minimum atomic E-state index is 0.130. The van der Waals surface area contributed by atoms with E-state index in [9.17, 15) is 4.79 Å². The highest BCUT2D eigenvalue weighted by Gasteiger charge is 2.20. The summed E-state index contributed by atoms with van der Waals surface area (Å²) >= 11 is 0. The van der Waals surface area contributed by atoms with Crippen LogP contribution in [0.25, 0.3) is 0 Å². The van der Waals surface area contributed by atoms with E-state index in [0.717, 1.165) is 31.5 Å². The lowest BCUT2D eigenvalue weighted by molar-refractivity contribution is -0.125. The maximum Gasteiger partial charge on any atom is 0.224 e. The molecule has 1 fully saturated rings. The zero-order chi connectivity index (χ0) is 11.4. The Kier molecular flexibility index (Phi) is 3.56. The highest BCUT2D eigenvalue weighted by Crippen LogP contribution is 2.09. The molecule has 0 aliphatic carbocycles. The monoisotopic (exact) mass is 222 g/mol. The Morgan fingerprint density at radius 2 is 2.62 bits per heavy atom. The Morgan fingerprint density at radius 3 is 3.25 bits per heavy atom. The summed E-state index contributed by atoms with van der Waals surface area (Å²) in [6.07, 6.45) is 5.77. The number of rotatable bonds is 3. The Bertz CT molecular complexity index is 355. The van der Waals surface area contributed by atoms with Gasteiger partial charge in [0.05, 0.1) is 12.1 Å². The molecule has 1 atom stereocenters. The second kappa shape index (κ2) is 5.12. The Labute approximate surface area is 95.2 Å². The minimum Gasteiger partial charge on any atom is -0.352 e. The number of amides is 1. The molecule has 1 amide bonds. The van der Waals surface area contributed by atoms with E-state index in [4.69, 9.17) is 0 Å². The smallest absolute Gasteiger partial charge is 0.224 e. The highest BCUT2D eigenvalue weighted by atomic mass is 16.1. The lowest BCUT2D eigenvalue weighted by atomic mass is 9.99. The SMILES string of the molecule is Cn1cc(CNC(=O)[C@@H]2CCCNC2)cn1. The summed E-state index contributed by atoms with van der Waals surface area (Å²) in [6.45, 7) is 2.41. The number of nitrogens with one attached hydrogen (secondary N) is 2. The van der Waals surface area contributed by atoms with Crippen molar-refractivity contribution >= 4 is 5.91 Å². The third-order valence-corrected chi connectivity index (χ3v) is 2.89. The van der Waals surface area contributed by atoms with E-state index < -0.39 is 0 Å². The number of nitrogens with zero attached hydrogens (tertiary/aromatic N) is 2. The summed E-state index contributed by atoms with van der Waals surface area (Å²) < 4.78 is 1.74. The minimum absolute atomic E-state index is 0.130. The number of aryl methyl sites for hydroxylation is 1. The molecule has 1 aliphatic rings. The quantitative estimate of drug-likeness (QED) is 0.759. The van der Waals surface area contributed by atoms with Crippen LogP contribution in [0.15, 0.2) is 12.4 Å². The van der Waals surface area contributed by atoms with Crippen LogP contribution >= 0.6 is 0 Å². The average Bonchev–Trinajstić information content (AvgIpc) is 2.73. The molecule has 0 bridgehead atoms. The van der Waals surface area contributed by atoms with Crippen LogP contribution in [0, 0.1) is 5.92 Å². The summed E-state index contributed by atoms with van der Waals surface area (Å²) in [5.41, 5.74) is 1.04. The molecule has 1 aromatic heterocycles. The van der Waals surface area contributed by atoms with E-state index in [1.54, 1.807) is 10.9 Å². The van der Waals surface area contributed by atoms with Gasteiger partial charge in [0.25, 0.3) is 0 Å². The summed E-state index contributed by atoms with van der Waals surface area (Å²) in [5.74, 6) is 0.279. The van der Waals surface area contributed by atoms with E-state index in [2.05, 4.69) is 15.7 Å². The van der Waals surface area contributed by atoms with Crippen molar-refractivity contribution in [3.8, 4) is 0 Å². The van der Waals surface area contributed by atoms with Gasteiger partial charge in [-0.1, -0.05) is 0 Å². The number of hydrogen-bond acceptors (Lipinski definition) is 3. The van der Waals surface area contributed by atoms with Crippen molar-refractivity contribution in [1.29, 1.82) is 0 Å². The van der Waals surface area contributed by atoms with E-state index in [0.29, 0.717) is 6.54 Å². The van der Waals surface area contributed by atoms with Crippen molar-refractivity contribution in [3.63, 3.8) is 0 Å². The molecule has 16 heavy (non-hydrogen) atoms. The predicted molar refractivity (Wildman–Crippen MR) is 60.6 cm³/mol. The van der Waals surface area contributed by atoms with Crippen LogP contribution in [-0.2, 0) is 18.4 Å². The standard InChI is InChI=1S/C11H18N4O/c1-15-8-9(6-14-15)5-13-11(16)10-3-2-4-12-7-10/h6,8,10,12H,2-5,7H2,1H3,(H,13,16)/t10-/m1/s1. The molecule has 0 spiro atoms. The molecule has 0 aromatic carbocycles. The summed E-state index contributed by atoms with van der Waals surface area (Å²) in [4.78, 5) is 11.8. The number of aromatic nitrogens is 2. The molecule has 2 heterocycles. The molecule has 2 rings (SSSR count). The molecule has 0 unspecified atom stereocenters. The van der Waals surface area contributed by atoms with Crippen LogP contribution in [0.5, 0.6) is 0 Å². The van der Waals surface area contributed by atoms with Gasteiger partial charge in [0, 0.05) is 31.9 Å². The number of piperidine rings is 1. The normalized spacial score (nSPS) is 20.7. The lowest BCUT2D eigenvalue weighted by Crippen LogP contribution is -2.40. The van der Waals surface area contributed by atoms with Gasteiger partial charge in [0.15, 0.2) is 0 Å². The first-order chi connectivity index (χ1) is 7.75. The van der Waals surface area contributed by atoms with E-state index in [1.807, 2.05) is 13.2 Å². The third-order valence-electron chi connectivity index (χ3n) is 2.89. The molecule has 1 saturated heterocycles. The molecule has 1 aliphatic heterocycles. The third kappa shape index (κ3) is 2.82. The topological polar surface area (TPSA) is 59.0 Å². The molecule has 88 valence electrons. The Hall–Kier alpha value is -1.36. The van der Waals surface area contributed by atoms with Crippen molar-refractivity contribution in [2.75, 3.05) is 13.1 Å². The van der Waals surface area contributed by atoms with Gasteiger partial charge in [-0.15, -0.1) is 0 Å². The van der Waals surface area contributed by atoms with Crippen molar-refractivity contribution in [2.24, 2.45) is 13.0 Å². The van der Waals surface area contributed by atoms with Crippen molar-refractivity contribution in [3.05, 3.63) is 18.0 Å². The van der Waals surface area contributed by atoms with Gasteiger partial charge in [-0.25, -0.2) is 0 Å². The van der Waals surface area contributed by atoms with Gasteiger partial charge in [0.2, 0.25) is 5.91 Å². The van der Waals surface area contributed by atoms with Crippen LogP contribution in [0.3, 0.4) is 0 Å². The first-order valence-electron chi connectivity index (χ1n) is 5.71. The van der Waals surface area contributed by atoms with Gasteiger partial charge in [-0.3, -0.25) is 9.48 Å². The van der Waals surface area contributed by atoms with Crippen molar-refractivity contribution in [2.45, 2.75) is 19.4 Å². The average molecular weight is 222 g/mol. The molecule has 0 saturated carbocycles. The Morgan fingerprint density at radius 1 is 1.75 bits per heavy atom. The molecular formula is C11H18N4O. The second-order valence-electron chi connectivity index (χ2n) is 4.28. The number of hydrogen-bond donors (Lipinski definition) is 2. The van der Waals surface area contributed by atoms with Gasteiger partial charge >= 0.3 is 0 Å². The van der Waals surface area contributed by atoms with Crippen LogP contribution in [-0.4, -0.2) is 28.8 Å². The first kappa shape index (κ1) is 11.1. The Balaban J connectivity index is 1.78. The van der Waals surface area contributed by atoms with Gasteiger partial charge in [0.1, 0.15) is 0 Å². The molecule has 5 heteroatoms. The predicted octanol–water partition coefficient (Wildman–Crippen LogP) is 0.0359. The van der Waals surface area contributed by atoms with E-state index in [-0.39, 0.29) is 11.8 Å². The maximum absolute atomic E-state index is 11.8. The summed E-state index contributed by atoms with van der Waals surface area (Å²) in [5, 5.41) is 10.3. The zero-order valence-corrected chi connectivity index (χ0v) is 9.57. The largest absolute Gasteiger partial charge is 0.352 e. The summed E-state index contributed by atoms with van der Waals surface area (Å²) in [7, 11) is 1.87. The summed E-state index contributed by atoms with van der Waals surface area (Å²) in [6, 6.07) is 0. The zero-order valence-electron chi connectivity index (χ0n) is 9.57. The molecule has 0 radical (unpaired) electrons. The molecular weight excluding hydrogens is 204 g/mol. The molecule has 5 nitrogen and oxygen atoms in total. The fraction of sp³-hybridized carbons (Fsp3) is 0.636. The lowest BCUT2D eigenvalue weighted by Gasteiger charge is -2.21. The second-order valence-corrected chi connectivity index (χ2v) is 4.28. The number of carbonyl (C=O) groups excluding carboxylic acids is 1. The first-order valence-corrected chi connectivity index (χ1v) is 5.71. The van der Waals surface area contributed by atoms with Crippen molar-refractivity contribution in [1.82, 2.24) is 20.4 Å². The van der Waals surface area contributed by atoms with Crippen LogP contribution in [0.2, 0.25) is 0 Å². The van der Waals surface area contributed by atoms with Gasteiger partial charge in [-0.2, -0.15) is 5.10 Å².